The molecular weight excluding hydrogens is 258 g/mol. The molecule has 106 valence electrons. The molecule has 0 atom stereocenters. The first-order valence-electron chi connectivity index (χ1n) is 6.88. The van der Waals surface area contributed by atoms with Gasteiger partial charge in [-0.05, 0) is 30.5 Å². The minimum atomic E-state index is -0.832. The number of fused-ring (bicyclic) bond motifs is 1. The van der Waals surface area contributed by atoms with E-state index in [2.05, 4.69) is 0 Å². The third-order valence-electron chi connectivity index (χ3n) is 4.46. The summed E-state index contributed by atoms with van der Waals surface area (Å²) >= 11 is 0. The van der Waals surface area contributed by atoms with Crippen LogP contribution in [0, 0.1) is 0 Å². The smallest absolute Gasteiger partial charge is 0.419 e. The Morgan fingerprint density at radius 3 is 2.65 bits per heavy atom. The third kappa shape index (κ3) is 1.77. The van der Waals surface area contributed by atoms with Gasteiger partial charge in [0.05, 0.1) is 10.9 Å². The molecule has 5 nitrogen and oxygen atoms in total. The molecule has 1 aliphatic carbocycles. The van der Waals surface area contributed by atoms with E-state index >= 15 is 0 Å². The average Bonchev–Trinajstić information content (AvgIpc) is 2.74. The number of hydrogen-bond donors (Lipinski definition) is 1. The summed E-state index contributed by atoms with van der Waals surface area (Å²) in [6.45, 7) is 0. The van der Waals surface area contributed by atoms with Crippen LogP contribution in [0.4, 0.5) is 0 Å². The maximum absolute atomic E-state index is 11.8. The lowest BCUT2D eigenvalue weighted by molar-refractivity contribution is -0.145. The molecule has 3 rings (SSSR count). The van der Waals surface area contributed by atoms with Crippen molar-refractivity contribution in [2.45, 2.75) is 37.5 Å². The normalized spacial score (nSPS) is 18.2. The summed E-state index contributed by atoms with van der Waals surface area (Å²) in [6, 6.07) is 5.31. The van der Waals surface area contributed by atoms with Crippen LogP contribution in [0.3, 0.4) is 0 Å². The summed E-state index contributed by atoms with van der Waals surface area (Å²) < 4.78 is 6.59. The highest BCUT2D eigenvalue weighted by Crippen LogP contribution is 2.40. The summed E-state index contributed by atoms with van der Waals surface area (Å²) in [7, 11) is 1.64. The molecule has 1 aromatic carbocycles. The highest BCUT2D eigenvalue weighted by Gasteiger charge is 2.41. The Morgan fingerprint density at radius 2 is 2.00 bits per heavy atom. The van der Waals surface area contributed by atoms with Gasteiger partial charge in [-0.25, -0.2) is 4.79 Å². The number of carbonyl (C=O) groups is 1. The molecule has 1 N–H and O–H groups in total. The first-order chi connectivity index (χ1) is 9.54. The van der Waals surface area contributed by atoms with E-state index in [1.54, 1.807) is 19.2 Å². The Balaban J connectivity index is 2.16. The maximum atomic E-state index is 11.8. The van der Waals surface area contributed by atoms with Gasteiger partial charge in [-0.1, -0.05) is 25.3 Å². The van der Waals surface area contributed by atoms with Crippen molar-refractivity contribution in [2.24, 2.45) is 7.05 Å². The fourth-order valence-electron chi connectivity index (χ4n) is 3.21. The van der Waals surface area contributed by atoms with Crippen molar-refractivity contribution in [3.63, 3.8) is 0 Å². The van der Waals surface area contributed by atoms with Gasteiger partial charge in [0.2, 0.25) is 0 Å². The van der Waals surface area contributed by atoms with Gasteiger partial charge in [-0.3, -0.25) is 9.36 Å². The van der Waals surface area contributed by atoms with Crippen molar-refractivity contribution in [1.82, 2.24) is 4.57 Å². The van der Waals surface area contributed by atoms with E-state index in [1.807, 2.05) is 6.07 Å². The lowest BCUT2D eigenvalue weighted by Crippen LogP contribution is -2.37. The Labute approximate surface area is 115 Å². The maximum Gasteiger partial charge on any atom is 0.419 e. The molecule has 1 aromatic heterocycles. The number of nitrogens with zero attached hydrogens (tertiary/aromatic N) is 1. The van der Waals surface area contributed by atoms with E-state index in [1.165, 1.54) is 4.57 Å². The van der Waals surface area contributed by atoms with Crippen molar-refractivity contribution in [3.05, 3.63) is 34.3 Å². The Kier molecular flexibility index (Phi) is 2.92. The number of aliphatic carboxylic acids is 1. The molecule has 20 heavy (non-hydrogen) atoms. The average molecular weight is 275 g/mol. The van der Waals surface area contributed by atoms with Gasteiger partial charge in [-0.2, -0.15) is 0 Å². The highest BCUT2D eigenvalue weighted by atomic mass is 16.4. The molecule has 1 saturated carbocycles. The molecule has 1 fully saturated rings. The molecule has 0 spiro atoms. The molecule has 0 aliphatic heterocycles. The number of carboxylic acids is 1. The summed E-state index contributed by atoms with van der Waals surface area (Å²) in [5.74, 6) is -1.21. The molecule has 0 amide bonds. The standard InChI is InChI=1S/C15H17NO4/c1-16-11-6-5-10(9-12(11)20-14(16)19)15(13(17)18)7-3-2-4-8-15/h5-6,9H,2-4,7-8H2,1H3,(H,17,18). The molecule has 1 aliphatic rings. The van der Waals surface area contributed by atoms with E-state index in [4.69, 9.17) is 4.42 Å². The fraction of sp³-hybridized carbons (Fsp3) is 0.467. The second-order valence-corrected chi connectivity index (χ2v) is 5.56. The Morgan fingerprint density at radius 1 is 1.30 bits per heavy atom. The fourth-order valence-corrected chi connectivity index (χ4v) is 3.21. The predicted octanol–water partition coefficient (Wildman–Crippen LogP) is 2.42. The van der Waals surface area contributed by atoms with Crippen LogP contribution in [-0.2, 0) is 17.3 Å². The Bertz CT molecular complexity index is 719. The molecule has 0 bridgehead atoms. The quantitative estimate of drug-likeness (QED) is 0.913. The van der Waals surface area contributed by atoms with Crippen LogP contribution in [0.15, 0.2) is 27.4 Å². The van der Waals surface area contributed by atoms with Gasteiger partial charge < -0.3 is 9.52 Å². The van der Waals surface area contributed by atoms with Crippen molar-refractivity contribution in [2.75, 3.05) is 0 Å². The molecular formula is C15H17NO4. The second-order valence-electron chi connectivity index (χ2n) is 5.56. The predicted molar refractivity (Wildman–Crippen MR) is 73.9 cm³/mol. The number of carboxylic acid groups (broad SMARTS) is 1. The second kappa shape index (κ2) is 4.51. The first kappa shape index (κ1) is 13.0. The van der Waals surface area contributed by atoms with E-state index in [-0.39, 0.29) is 0 Å². The largest absolute Gasteiger partial charge is 0.481 e. The van der Waals surface area contributed by atoms with Crippen LogP contribution < -0.4 is 5.76 Å². The van der Waals surface area contributed by atoms with Gasteiger partial charge >= 0.3 is 11.7 Å². The molecule has 0 radical (unpaired) electrons. The number of aromatic nitrogens is 1. The van der Waals surface area contributed by atoms with Crippen LogP contribution in [0.1, 0.15) is 37.7 Å². The Hall–Kier alpha value is -2.04. The summed E-state index contributed by atoms with van der Waals surface area (Å²) in [4.78, 5) is 23.3. The summed E-state index contributed by atoms with van der Waals surface area (Å²) in [6.07, 6.45) is 4.21. The lowest BCUT2D eigenvalue weighted by Gasteiger charge is -2.33. The summed E-state index contributed by atoms with van der Waals surface area (Å²) in [5.41, 5.74) is 1.06. The van der Waals surface area contributed by atoms with E-state index in [9.17, 15) is 14.7 Å². The molecule has 0 unspecified atom stereocenters. The van der Waals surface area contributed by atoms with Gasteiger partial charge in [-0.15, -0.1) is 0 Å². The zero-order valence-corrected chi connectivity index (χ0v) is 11.4. The zero-order chi connectivity index (χ0) is 14.3. The van der Waals surface area contributed by atoms with Crippen molar-refractivity contribution < 1.29 is 14.3 Å². The minimum Gasteiger partial charge on any atom is -0.481 e. The van der Waals surface area contributed by atoms with E-state index in [0.717, 1.165) is 24.8 Å². The monoisotopic (exact) mass is 275 g/mol. The lowest BCUT2D eigenvalue weighted by atomic mass is 9.69. The van der Waals surface area contributed by atoms with Crippen LogP contribution in [-0.4, -0.2) is 15.6 Å². The molecule has 2 aromatic rings. The van der Waals surface area contributed by atoms with Crippen LogP contribution in [0.5, 0.6) is 0 Å². The first-order valence-corrected chi connectivity index (χ1v) is 6.88. The van der Waals surface area contributed by atoms with Gasteiger partial charge in [0.15, 0.2) is 5.58 Å². The van der Waals surface area contributed by atoms with Crippen LogP contribution >= 0.6 is 0 Å². The number of aryl methyl sites for hydroxylation is 1. The van der Waals surface area contributed by atoms with Crippen molar-refractivity contribution >= 4 is 17.1 Å². The zero-order valence-electron chi connectivity index (χ0n) is 11.4. The molecule has 0 saturated heterocycles. The highest BCUT2D eigenvalue weighted by molar-refractivity contribution is 5.84. The third-order valence-corrected chi connectivity index (χ3v) is 4.46. The van der Waals surface area contributed by atoms with Gasteiger partial charge in [0.25, 0.3) is 0 Å². The number of hydrogen-bond acceptors (Lipinski definition) is 3. The van der Waals surface area contributed by atoms with E-state index < -0.39 is 17.1 Å². The van der Waals surface area contributed by atoms with Crippen LogP contribution in [0.25, 0.3) is 11.1 Å². The molecule has 5 heteroatoms. The van der Waals surface area contributed by atoms with Crippen molar-refractivity contribution in [1.29, 1.82) is 0 Å². The summed E-state index contributed by atoms with van der Waals surface area (Å²) in [5, 5.41) is 9.68. The van der Waals surface area contributed by atoms with Crippen LogP contribution in [0.2, 0.25) is 0 Å². The van der Waals surface area contributed by atoms with Gasteiger partial charge in [0, 0.05) is 7.05 Å². The topological polar surface area (TPSA) is 72.4 Å². The van der Waals surface area contributed by atoms with E-state index in [0.29, 0.717) is 23.9 Å². The minimum absolute atomic E-state index is 0.426. The SMILES string of the molecule is Cn1c(=O)oc2cc(C3(C(=O)O)CCCCC3)ccc21. The van der Waals surface area contributed by atoms with Gasteiger partial charge in [0.1, 0.15) is 0 Å². The number of rotatable bonds is 2. The number of benzene rings is 1. The van der Waals surface area contributed by atoms with Crippen molar-refractivity contribution in [3.8, 4) is 0 Å². The number of oxazole rings is 1. The molecule has 1 heterocycles.